The summed E-state index contributed by atoms with van der Waals surface area (Å²) in [6, 6.07) is 5.28. The van der Waals surface area contributed by atoms with Crippen molar-refractivity contribution in [2.45, 2.75) is 0 Å². The quantitative estimate of drug-likeness (QED) is 0.787. The molecular formula is C13H13NO5. The number of esters is 1. The molecule has 0 N–H and O–H groups in total. The first kappa shape index (κ1) is 12.9. The molecule has 0 aliphatic rings. The van der Waals surface area contributed by atoms with Crippen molar-refractivity contribution < 1.29 is 23.5 Å². The Balaban J connectivity index is 2.59. The minimum absolute atomic E-state index is 0.231. The molecule has 0 bridgehead atoms. The summed E-state index contributed by atoms with van der Waals surface area (Å²) in [7, 11) is 4.34. The summed E-state index contributed by atoms with van der Waals surface area (Å²) in [5, 5.41) is 3.83. The molecule has 0 spiro atoms. The average Bonchev–Trinajstić information content (AvgIpc) is 2.94. The zero-order valence-electron chi connectivity index (χ0n) is 10.8. The number of rotatable bonds is 4. The van der Waals surface area contributed by atoms with E-state index in [1.165, 1.54) is 27.6 Å². The van der Waals surface area contributed by atoms with Gasteiger partial charge in [0.25, 0.3) is 0 Å². The van der Waals surface area contributed by atoms with Crippen molar-refractivity contribution in [1.29, 1.82) is 0 Å². The molecule has 19 heavy (non-hydrogen) atoms. The molecule has 0 aliphatic heterocycles. The predicted octanol–water partition coefficient (Wildman–Crippen LogP) is 2.15. The number of hydrogen-bond acceptors (Lipinski definition) is 6. The molecular weight excluding hydrogens is 250 g/mol. The summed E-state index contributed by atoms with van der Waals surface area (Å²) >= 11 is 0. The Bertz CT molecular complexity index is 590. The van der Waals surface area contributed by atoms with Gasteiger partial charge in [0, 0.05) is 0 Å². The van der Waals surface area contributed by atoms with Crippen molar-refractivity contribution in [3.63, 3.8) is 0 Å². The second kappa shape index (κ2) is 5.43. The highest BCUT2D eigenvalue weighted by Gasteiger charge is 2.22. The van der Waals surface area contributed by atoms with Crippen LogP contribution in [0.15, 0.2) is 29.0 Å². The number of nitrogens with zero attached hydrogens (tertiary/aromatic N) is 1. The SMILES string of the molecule is COC(=O)c1conc1-c1cccc(OC)c1OC. The van der Waals surface area contributed by atoms with Crippen LogP contribution in [0.4, 0.5) is 0 Å². The molecule has 100 valence electrons. The standard InChI is InChI=1S/C13H13NO5/c1-16-10-6-4-5-8(12(10)17-2)11-9(7-19-14-11)13(15)18-3/h4-7H,1-3H3. The van der Waals surface area contributed by atoms with Gasteiger partial charge >= 0.3 is 5.97 Å². The largest absolute Gasteiger partial charge is 0.493 e. The van der Waals surface area contributed by atoms with Gasteiger partial charge in [-0.15, -0.1) is 0 Å². The molecule has 0 aliphatic carbocycles. The van der Waals surface area contributed by atoms with Crippen LogP contribution in [-0.2, 0) is 4.74 Å². The van der Waals surface area contributed by atoms with Gasteiger partial charge in [0.1, 0.15) is 17.5 Å². The zero-order chi connectivity index (χ0) is 13.8. The van der Waals surface area contributed by atoms with Gasteiger partial charge in [0.05, 0.1) is 26.9 Å². The van der Waals surface area contributed by atoms with Crippen LogP contribution in [0.5, 0.6) is 11.5 Å². The Morgan fingerprint density at radius 2 is 2.00 bits per heavy atom. The summed E-state index contributed by atoms with van der Waals surface area (Å²) in [5.74, 6) is 0.490. The van der Waals surface area contributed by atoms with E-state index in [0.717, 1.165) is 0 Å². The molecule has 6 nitrogen and oxygen atoms in total. The molecule has 6 heteroatoms. The summed E-state index contributed by atoms with van der Waals surface area (Å²) in [5.41, 5.74) is 1.17. The lowest BCUT2D eigenvalue weighted by molar-refractivity contribution is 0.0600. The van der Waals surface area contributed by atoms with E-state index < -0.39 is 5.97 Å². The lowest BCUT2D eigenvalue weighted by Gasteiger charge is -2.11. The molecule has 1 aromatic carbocycles. The third kappa shape index (κ3) is 2.24. The molecule has 0 amide bonds. The number of benzene rings is 1. The summed E-state index contributed by atoms with van der Waals surface area (Å²) in [6.07, 6.45) is 1.24. The second-order valence-electron chi connectivity index (χ2n) is 3.61. The Morgan fingerprint density at radius 3 is 2.63 bits per heavy atom. The zero-order valence-corrected chi connectivity index (χ0v) is 10.8. The fraction of sp³-hybridized carbons (Fsp3) is 0.231. The van der Waals surface area contributed by atoms with Crippen molar-refractivity contribution in [1.82, 2.24) is 5.16 Å². The lowest BCUT2D eigenvalue weighted by atomic mass is 10.1. The number of carbonyl (C=O) groups excluding carboxylic acids is 1. The van der Waals surface area contributed by atoms with Crippen molar-refractivity contribution in [3.05, 3.63) is 30.0 Å². The number of carbonyl (C=O) groups is 1. The number of para-hydroxylation sites is 1. The number of ether oxygens (including phenoxy) is 3. The van der Waals surface area contributed by atoms with E-state index in [4.69, 9.17) is 14.0 Å². The van der Waals surface area contributed by atoms with Crippen LogP contribution >= 0.6 is 0 Å². The van der Waals surface area contributed by atoms with Gasteiger partial charge in [-0.3, -0.25) is 0 Å². The maximum atomic E-state index is 11.6. The first-order valence-electron chi connectivity index (χ1n) is 5.47. The van der Waals surface area contributed by atoms with Gasteiger partial charge in [-0.2, -0.15) is 0 Å². The van der Waals surface area contributed by atoms with Gasteiger partial charge < -0.3 is 18.7 Å². The summed E-state index contributed by atoms with van der Waals surface area (Å²) in [6.45, 7) is 0. The molecule has 1 heterocycles. The normalized spacial score (nSPS) is 10.1. The van der Waals surface area contributed by atoms with Crippen molar-refractivity contribution in [2.75, 3.05) is 21.3 Å². The predicted molar refractivity (Wildman–Crippen MR) is 66.4 cm³/mol. The Kier molecular flexibility index (Phi) is 3.70. The number of hydrogen-bond donors (Lipinski definition) is 0. The van der Waals surface area contributed by atoms with Crippen LogP contribution in [-0.4, -0.2) is 32.5 Å². The topological polar surface area (TPSA) is 70.8 Å². The van der Waals surface area contributed by atoms with E-state index in [2.05, 4.69) is 9.89 Å². The van der Waals surface area contributed by atoms with Crippen LogP contribution in [0.3, 0.4) is 0 Å². The summed E-state index contributed by atoms with van der Waals surface area (Å²) < 4.78 is 20.0. The minimum atomic E-state index is -0.527. The van der Waals surface area contributed by atoms with Gasteiger partial charge in [-0.05, 0) is 12.1 Å². The van der Waals surface area contributed by atoms with Gasteiger partial charge in [-0.25, -0.2) is 4.79 Å². The molecule has 0 radical (unpaired) electrons. The van der Waals surface area contributed by atoms with Gasteiger partial charge in [0.15, 0.2) is 11.5 Å². The highest BCUT2D eigenvalue weighted by molar-refractivity contribution is 5.96. The van der Waals surface area contributed by atoms with Crippen LogP contribution < -0.4 is 9.47 Å². The fourth-order valence-electron chi connectivity index (χ4n) is 1.76. The molecule has 2 aromatic rings. The molecule has 0 saturated heterocycles. The highest BCUT2D eigenvalue weighted by atomic mass is 16.5. The third-order valence-corrected chi connectivity index (χ3v) is 2.63. The van der Waals surface area contributed by atoms with Gasteiger partial charge in [-0.1, -0.05) is 11.2 Å². The molecule has 1 aromatic heterocycles. The molecule has 0 unspecified atom stereocenters. The van der Waals surface area contributed by atoms with E-state index >= 15 is 0 Å². The average molecular weight is 263 g/mol. The first-order chi connectivity index (χ1) is 9.22. The molecule has 0 saturated carbocycles. The lowest BCUT2D eigenvalue weighted by Crippen LogP contribution is -2.02. The van der Waals surface area contributed by atoms with Crippen LogP contribution in [0, 0.1) is 0 Å². The Morgan fingerprint density at radius 1 is 1.21 bits per heavy atom. The van der Waals surface area contributed by atoms with Crippen molar-refractivity contribution >= 4 is 5.97 Å². The highest BCUT2D eigenvalue weighted by Crippen LogP contribution is 2.38. The van der Waals surface area contributed by atoms with E-state index in [0.29, 0.717) is 22.8 Å². The van der Waals surface area contributed by atoms with Crippen LogP contribution in [0.25, 0.3) is 11.3 Å². The smallest absolute Gasteiger partial charge is 0.343 e. The minimum Gasteiger partial charge on any atom is -0.493 e. The van der Waals surface area contributed by atoms with Crippen molar-refractivity contribution in [3.8, 4) is 22.8 Å². The number of methoxy groups -OCH3 is 3. The van der Waals surface area contributed by atoms with Crippen LogP contribution in [0.1, 0.15) is 10.4 Å². The van der Waals surface area contributed by atoms with E-state index in [1.54, 1.807) is 18.2 Å². The maximum Gasteiger partial charge on any atom is 0.343 e. The Hall–Kier alpha value is -2.50. The molecule has 2 rings (SSSR count). The maximum absolute atomic E-state index is 11.6. The molecule has 0 atom stereocenters. The van der Waals surface area contributed by atoms with E-state index in [9.17, 15) is 4.79 Å². The molecule has 0 fully saturated rings. The monoisotopic (exact) mass is 263 g/mol. The van der Waals surface area contributed by atoms with Crippen LogP contribution in [0.2, 0.25) is 0 Å². The summed E-state index contributed by atoms with van der Waals surface area (Å²) in [4.78, 5) is 11.6. The third-order valence-electron chi connectivity index (χ3n) is 2.63. The second-order valence-corrected chi connectivity index (χ2v) is 3.61. The Labute approximate surface area is 109 Å². The number of aromatic nitrogens is 1. The van der Waals surface area contributed by atoms with Crippen molar-refractivity contribution in [2.24, 2.45) is 0 Å². The fourth-order valence-corrected chi connectivity index (χ4v) is 1.76. The first-order valence-corrected chi connectivity index (χ1v) is 5.47. The van der Waals surface area contributed by atoms with E-state index in [1.807, 2.05) is 0 Å². The van der Waals surface area contributed by atoms with E-state index in [-0.39, 0.29) is 5.56 Å². The van der Waals surface area contributed by atoms with Gasteiger partial charge in [0.2, 0.25) is 0 Å².